The highest BCUT2D eigenvalue weighted by Crippen LogP contribution is 2.15. The predicted octanol–water partition coefficient (Wildman–Crippen LogP) is 3.44. The highest BCUT2D eigenvalue weighted by Gasteiger charge is 2.17. The van der Waals surface area contributed by atoms with E-state index in [2.05, 4.69) is 19.2 Å². The number of aryl methyl sites for hydroxylation is 1. The van der Waals surface area contributed by atoms with Crippen LogP contribution >= 0.6 is 22.9 Å². The van der Waals surface area contributed by atoms with Crippen LogP contribution in [0, 0.1) is 12.8 Å². The van der Waals surface area contributed by atoms with Crippen LogP contribution in [0.4, 0.5) is 0 Å². The van der Waals surface area contributed by atoms with E-state index in [0.29, 0.717) is 11.8 Å². The number of alkyl halides is 1. The molecule has 90 valence electrons. The van der Waals surface area contributed by atoms with Gasteiger partial charge in [0.05, 0.1) is 5.56 Å². The van der Waals surface area contributed by atoms with Crippen molar-refractivity contribution in [2.75, 3.05) is 5.88 Å². The van der Waals surface area contributed by atoms with Gasteiger partial charge in [0.2, 0.25) is 0 Å². The average molecular weight is 260 g/mol. The summed E-state index contributed by atoms with van der Waals surface area (Å²) in [6.07, 6.45) is 0.814. The topological polar surface area (TPSA) is 29.1 Å². The van der Waals surface area contributed by atoms with Gasteiger partial charge in [0, 0.05) is 17.3 Å². The third-order valence-corrected chi connectivity index (χ3v) is 3.72. The van der Waals surface area contributed by atoms with Gasteiger partial charge in [0.25, 0.3) is 5.91 Å². The summed E-state index contributed by atoms with van der Waals surface area (Å²) in [7, 11) is 0. The van der Waals surface area contributed by atoms with Crippen molar-refractivity contribution in [1.82, 2.24) is 5.32 Å². The molecule has 0 bridgehead atoms. The molecule has 1 atom stereocenters. The first kappa shape index (κ1) is 13.5. The molecule has 1 heterocycles. The number of amides is 1. The van der Waals surface area contributed by atoms with Crippen LogP contribution in [-0.4, -0.2) is 17.8 Å². The van der Waals surface area contributed by atoms with E-state index in [0.717, 1.165) is 17.5 Å². The monoisotopic (exact) mass is 259 g/mol. The van der Waals surface area contributed by atoms with Gasteiger partial charge >= 0.3 is 0 Å². The molecule has 0 fully saturated rings. The Kier molecular flexibility index (Phi) is 5.29. The van der Waals surface area contributed by atoms with Gasteiger partial charge in [0.1, 0.15) is 0 Å². The van der Waals surface area contributed by atoms with Crippen molar-refractivity contribution in [3.8, 4) is 0 Å². The van der Waals surface area contributed by atoms with Crippen LogP contribution in [0.1, 0.15) is 36.2 Å². The average Bonchev–Trinajstić information content (AvgIpc) is 2.63. The minimum absolute atomic E-state index is 0.0163. The lowest BCUT2D eigenvalue weighted by Gasteiger charge is -2.21. The fraction of sp³-hybridized carbons (Fsp3) is 0.583. The molecular weight excluding hydrogens is 242 g/mol. The molecule has 0 radical (unpaired) electrons. The van der Waals surface area contributed by atoms with Gasteiger partial charge in [-0.25, -0.2) is 0 Å². The number of thiophene rings is 1. The van der Waals surface area contributed by atoms with E-state index in [1.54, 1.807) is 11.3 Å². The summed E-state index contributed by atoms with van der Waals surface area (Å²) in [5.41, 5.74) is 1.82. The van der Waals surface area contributed by atoms with Gasteiger partial charge in [-0.15, -0.1) is 11.6 Å². The molecule has 0 aliphatic carbocycles. The van der Waals surface area contributed by atoms with Gasteiger partial charge in [0.15, 0.2) is 0 Å². The maximum atomic E-state index is 12.0. The summed E-state index contributed by atoms with van der Waals surface area (Å²) < 4.78 is 0. The largest absolute Gasteiger partial charge is 0.349 e. The molecule has 0 spiro atoms. The SMILES string of the molecule is Cc1cscc1C(=O)NC(CCCl)C(C)C. The molecular formula is C12H18ClNOS. The summed E-state index contributed by atoms with van der Waals surface area (Å²) in [5, 5.41) is 6.92. The Balaban J connectivity index is 2.65. The van der Waals surface area contributed by atoms with Crippen molar-refractivity contribution >= 4 is 28.8 Å². The lowest BCUT2D eigenvalue weighted by molar-refractivity contribution is 0.0925. The number of halogens is 1. The fourth-order valence-electron chi connectivity index (χ4n) is 1.53. The van der Waals surface area contributed by atoms with Crippen LogP contribution in [0.25, 0.3) is 0 Å². The Morgan fingerprint density at radius 2 is 2.19 bits per heavy atom. The zero-order chi connectivity index (χ0) is 12.1. The zero-order valence-corrected chi connectivity index (χ0v) is 11.5. The minimum Gasteiger partial charge on any atom is -0.349 e. The van der Waals surface area contributed by atoms with Crippen molar-refractivity contribution < 1.29 is 4.79 Å². The van der Waals surface area contributed by atoms with Crippen LogP contribution in [0.15, 0.2) is 10.8 Å². The number of nitrogens with one attached hydrogen (secondary N) is 1. The Morgan fingerprint density at radius 1 is 1.50 bits per heavy atom. The molecule has 1 N–H and O–H groups in total. The smallest absolute Gasteiger partial charge is 0.252 e. The minimum atomic E-state index is 0.0163. The highest BCUT2D eigenvalue weighted by molar-refractivity contribution is 7.08. The molecule has 1 aromatic heterocycles. The molecule has 4 heteroatoms. The zero-order valence-electron chi connectivity index (χ0n) is 9.92. The summed E-state index contributed by atoms with van der Waals surface area (Å²) in [6.45, 7) is 6.15. The standard InChI is InChI=1S/C12H18ClNOS/c1-8(2)11(4-5-13)14-12(15)10-7-16-6-9(10)3/h6-8,11H,4-5H2,1-3H3,(H,14,15). The number of rotatable bonds is 5. The van der Waals surface area contributed by atoms with Gasteiger partial charge in [-0.1, -0.05) is 13.8 Å². The first-order valence-corrected chi connectivity index (χ1v) is 6.93. The normalized spacial score (nSPS) is 12.8. The van der Waals surface area contributed by atoms with Gasteiger partial charge in [-0.2, -0.15) is 11.3 Å². The lowest BCUT2D eigenvalue weighted by Crippen LogP contribution is -2.38. The molecule has 0 aromatic carbocycles. The first-order valence-electron chi connectivity index (χ1n) is 5.46. The number of hydrogen-bond acceptors (Lipinski definition) is 2. The molecule has 1 rings (SSSR count). The van der Waals surface area contributed by atoms with Crippen LogP contribution in [-0.2, 0) is 0 Å². The third kappa shape index (κ3) is 3.49. The van der Waals surface area contributed by atoms with Crippen molar-refractivity contribution in [2.24, 2.45) is 5.92 Å². The maximum Gasteiger partial charge on any atom is 0.252 e. The summed E-state index contributed by atoms with van der Waals surface area (Å²) in [4.78, 5) is 12.0. The van der Waals surface area contributed by atoms with Gasteiger partial charge in [-0.05, 0) is 30.2 Å². The van der Waals surface area contributed by atoms with E-state index in [1.807, 2.05) is 17.7 Å². The Labute approximate surface area is 106 Å². The number of hydrogen-bond donors (Lipinski definition) is 1. The molecule has 1 amide bonds. The molecule has 0 aliphatic rings. The molecule has 0 aliphatic heterocycles. The Morgan fingerprint density at radius 3 is 2.62 bits per heavy atom. The van der Waals surface area contributed by atoms with Gasteiger partial charge < -0.3 is 5.32 Å². The van der Waals surface area contributed by atoms with E-state index in [-0.39, 0.29) is 11.9 Å². The van der Waals surface area contributed by atoms with Crippen molar-refractivity contribution in [2.45, 2.75) is 33.2 Å². The number of carbonyl (C=O) groups excluding carboxylic acids is 1. The molecule has 1 unspecified atom stereocenters. The molecule has 16 heavy (non-hydrogen) atoms. The predicted molar refractivity (Wildman–Crippen MR) is 70.5 cm³/mol. The van der Waals surface area contributed by atoms with Crippen LogP contribution < -0.4 is 5.32 Å². The van der Waals surface area contributed by atoms with E-state index in [9.17, 15) is 4.79 Å². The summed E-state index contributed by atoms with van der Waals surface area (Å²) in [6, 6.07) is 0.157. The third-order valence-electron chi connectivity index (χ3n) is 2.64. The van der Waals surface area contributed by atoms with Crippen molar-refractivity contribution in [3.05, 3.63) is 21.9 Å². The fourth-order valence-corrected chi connectivity index (χ4v) is 2.59. The van der Waals surface area contributed by atoms with Gasteiger partial charge in [-0.3, -0.25) is 4.79 Å². The molecule has 0 saturated carbocycles. The van der Waals surface area contributed by atoms with Crippen molar-refractivity contribution in [3.63, 3.8) is 0 Å². The Bertz CT molecular complexity index is 349. The van der Waals surface area contributed by atoms with E-state index in [1.165, 1.54) is 0 Å². The second kappa shape index (κ2) is 6.26. The highest BCUT2D eigenvalue weighted by atomic mass is 35.5. The van der Waals surface area contributed by atoms with Crippen molar-refractivity contribution in [1.29, 1.82) is 0 Å². The Hall–Kier alpha value is -0.540. The lowest BCUT2D eigenvalue weighted by atomic mass is 10.0. The van der Waals surface area contributed by atoms with E-state index in [4.69, 9.17) is 11.6 Å². The molecule has 1 aromatic rings. The second-order valence-corrected chi connectivity index (χ2v) is 5.39. The van der Waals surface area contributed by atoms with E-state index < -0.39 is 0 Å². The van der Waals surface area contributed by atoms with E-state index >= 15 is 0 Å². The molecule has 2 nitrogen and oxygen atoms in total. The van der Waals surface area contributed by atoms with Crippen LogP contribution in [0.2, 0.25) is 0 Å². The summed E-state index contributed by atoms with van der Waals surface area (Å²) >= 11 is 7.29. The summed E-state index contributed by atoms with van der Waals surface area (Å²) in [5.74, 6) is 0.996. The van der Waals surface area contributed by atoms with Crippen LogP contribution in [0.3, 0.4) is 0 Å². The number of carbonyl (C=O) groups is 1. The maximum absolute atomic E-state index is 12.0. The molecule has 0 saturated heterocycles. The first-order chi connectivity index (χ1) is 7.56. The quantitative estimate of drug-likeness (QED) is 0.807. The second-order valence-electron chi connectivity index (χ2n) is 4.27. The van der Waals surface area contributed by atoms with Crippen LogP contribution in [0.5, 0.6) is 0 Å².